The van der Waals surface area contributed by atoms with E-state index in [9.17, 15) is 9.59 Å². The summed E-state index contributed by atoms with van der Waals surface area (Å²) in [6.07, 6.45) is 1.07. The van der Waals surface area contributed by atoms with E-state index >= 15 is 0 Å². The molecule has 1 rings (SSSR count). The Morgan fingerprint density at radius 3 is 2.33 bits per heavy atom. The summed E-state index contributed by atoms with van der Waals surface area (Å²) in [6, 6.07) is 3.34. The number of rotatable bonds is 5. The molecule has 0 N–H and O–H groups in total. The summed E-state index contributed by atoms with van der Waals surface area (Å²) in [7, 11) is 3.40. The van der Waals surface area contributed by atoms with Crippen LogP contribution in [0.15, 0.2) is 21.1 Å². The Balaban J connectivity index is 2.68. The van der Waals surface area contributed by atoms with E-state index in [1.807, 2.05) is 0 Å². The fraction of sp³-hybridized carbons (Fsp3) is 0.333. The Hall–Kier alpha value is -0.880. The molecule has 98 valence electrons. The van der Waals surface area contributed by atoms with Crippen molar-refractivity contribution in [1.82, 2.24) is 4.90 Å². The highest BCUT2D eigenvalue weighted by atomic mass is 79.9. The number of hydrogen-bond donors (Lipinski definition) is 0. The summed E-state index contributed by atoms with van der Waals surface area (Å²) >= 11 is 6.65. The number of carbonyl (C=O) groups excluding carboxylic acids is 2. The molecule has 0 unspecified atom stereocenters. The molecular formula is C12H13Br2NO3. The van der Waals surface area contributed by atoms with Gasteiger partial charge in [-0.15, -0.1) is 0 Å². The van der Waals surface area contributed by atoms with E-state index in [2.05, 4.69) is 31.9 Å². The lowest BCUT2D eigenvalue weighted by Gasteiger charge is -2.13. The van der Waals surface area contributed by atoms with Gasteiger partial charge in [0.25, 0.3) is 0 Å². The van der Waals surface area contributed by atoms with Crippen molar-refractivity contribution in [2.45, 2.75) is 6.42 Å². The van der Waals surface area contributed by atoms with Gasteiger partial charge in [0.1, 0.15) is 12.0 Å². The third-order valence-electron chi connectivity index (χ3n) is 2.22. The van der Waals surface area contributed by atoms with Crippen LogP contribution in [0.2, 0.25) is 0 Å². The zero-order chi connectivity index (χ0) is 13.7. The van der Waals surface area contributed by atoms with Gasteiger partial charge in [0.15, 0.2) is 0 Å². The fourth-order valence-corrected chi connectivity index (χ4v) is 2.70. The van der Waals surface area contributed by atoms with E-state index in [4.69, 9.17) is 4.74 Å². The molecule has 4 nitrogen and oxygen atoms in total. The topological polar surface area (TPSA) is 46.6 Å². The molecule has 1 amide bonds. The second-order valence-electron chi connectivity index (χ2n) is 3.82. The van der Waals surface area contributed by atoms with E-state index < -0.39 is 0 Å². The van der Waals surface area contributed by atoms with Crippen LogP contribution in [0.3, 0.4) is 0 Å². The first kappa shape index (κ1) is 15.2. The highest BCUT2D eigenvalue weighted by molar-refractivity contribution is 9.11. The minimum Gasteiger partial charge on any atom is -0.491 e. The Morgan fingerprint density at radius 2 is 1.89 bits per heavy atom. The molecule has 0 aromatic heterocycles. The van der Waals surface area contributed by atoms with Crippen LogP contribution in [0, 0.1) is 0 Å². The number of aldehydes is 1. The molecule has 0 spiro atoms. The lowest BCUT2D eigenvalue weighted by atomic mass is 10.2. The zero-order valence-corrected chi connectivity index (χ0v) is 13.2. The van der Waals surface area contributed by atoms with Crippen LogP contribution in [0.1, 0.15) is 16.8 Å². The van der Waals surface area contributed by atoms with E-state index in [0.29, 0.717) is 26.7 Å². The molecule has 0 aliphatic carbocycles. The highest BCUT2D eigenvalue weighted by Crippen LogP contribution is 2.34. The van der Waals surface area contributed by atoms with Crippen molar-refractivity contribution >= 4 is 44.1 Å². The Bertz CT molecular complexity index is 438. The van der Waals surface area contributed by atoms with E-state index in [0.717, 1.165) is 6.29 Å². The van der Waals surface area contributed by atoms with Crippen LogP contribution < -0.4 is 4.74 Å². The molecule has 1 aromatic carbocycles. The Labute approximate surface area is 123 Å². The number of halogens is 2. The van der Waals surface area contributed by atoms with Gasteiger partial charge in [-0.25, -0.2) is 0 Å². The largest absolute Gasteiger partial charge is 0.491 e. The fourth-order valence-electron chi connectivity index (χ4n) is 1.25. The van der Waals surface area contributed by atoms with Crippen LogP contribution in [-0.2, 0) is 4.79 Å². The average molecular weight is 379 g/mol. The smallest absolute Gasteiger partial charge is 0.225 e. The van der Waals surface area contributed by atoms with Crippen LogP contribution in [0.5, 0.6) is 5.75 Å². The van der Waals surface area contributed by atoms with Crippen molar-refractivity contribution in [1.29, 1.82) is 0 Å². The number of carbonyl (C=O) groups is 2. The molecule has 0 bridgehead atoms. The van der Waals surface area contributed by atoms with Gasteiger partial charge in [-0.2, -0.15) is 0 Å². The molecule has 0 saturated heterocycles. The predicted molar refractivity (Wildman–Crippen MR) is 76.0 cm³/mol. The molecule has 0 radical (unpaired) electrons. The summed E-state index contributed by atoms with van der Waals surface area (Å²) in [4.78, 5) is 23.6. The first-order chi connectivity index (χ1) is 8.45. The zero-order valence-electron chi connectivity index (χ0n) is 10.1. The van der Waals surface area contributed by atoms with Crippen LogP contribution in [0.4, 0.5) is 0 Å². The Morgan fingerprint density at radius 1 is 1.33 bits per heavy atom. The second kappa shape index (κ2) is 6.89. The molecule has 18 heavy (non-hydrogen) atoms. The van der Waals surface area contributed by atoms with E-state index in [-0.39, 0.29) is 12.5 Å². The lowest BCUT2D eigenvalue weighted by Crippen LogP contribution is -2.23. The van der Waals surface area contributed by atoms with Crippen LogP contribution >= 0.6 is 31.9 Å². The van der Waals surface area contributed by atoms with Gasteiger partial charge in [0.05, 0.1) is 22.0 Å². The lowest BCUT2D eigenvalue weighted by molar-refractivity contribution is -0.129. The van der Waals surface area contributed by atoms with Crippen molar-refractivity contribution in [2.24, 2.45) is 0 Å². The molecule has 0 saturated carbocycles. The molecule has 0 atom stereocenters. The van der Waals surface area contributed by atoms with Crippen molar-refractivity contribution in [3.05, 3.63) is 26.6 Å². The monoisotopic (exact) mass is 377 g/mol. The number of ether oxygens (including phenoxy) is 1. The molecule has 0 fully saturated rings. The van der Waals surface area contributed by atoms with Crippen LogP contribution in [0.25, 0.3) is 0 Å². The molecule has 6 heteroatoms. The third kappa shape index (κ3) is 4.10. The minimum absolute atomic E-state index is 0.00626. The number of nitrogens with zero attached hydrogens (tertiary/aromatic N) is 1. The van der Waals surface area contributed by atoms with Crippen LogP contribution in [-0.4, -0.2) is 37.8 Å². The van der Waals surface area contributed by atoms with Gasteiger partial charge in [-0.1, -0.05) is 0 Å². The minimum atomic E-state index is 0.00626. The molecule has 0 heterocycles. The standard InChI is InChI=1S/C12H13Br2NO3/c1-15(2)11(17)3-4-18-12-9(13)5-8(7-16)6-10(12)14/h5-7H,3-4H2,1-2H3. The average Bonchev–Trinajstić information content (AvgIpc) is 2.31. The number of hydrogen-bond acceptors (Lipinski definition) is 3. The third-order valence-corrected chi connectivity index (χ3v) is 3.40. The number of amides is 1. The SMILES string of the molecule is CN(C)C(=O)CCOc1c(Br)cc(C=O)cc1Br. The molecular weight excluding hydrogens is 366 g/mol. The summed E-state index contributed by atoms with van der Waals surface area (Å²) in [5, 5.41) is 0. The first-order valence-electron chi connectivity index (χ1n) is 5.23. The molecule has 0 aliphatic rings. The summed E-state index contributed by atoms with van der Waals surface area (Å²) in [6.45, 7) is 0.286. The summed E-state index contributed by atoms with van der Waals surface area (Å²) in [5.41, 5.74) is 0.547. The normalized spacial score (nSPS) is 10.0. The van der Waals surface area contributed by atoms with Gasteiger partial charge in [0.2, 0.25) is 5.91 Å². The van der Waals surface area contributed by atoms with Gasteiger partial charge in [-0.05, 0) is 44.0 Å². The van der Waals surface area contributed by atoms with E-state index in [1.54, 1.807) is 26.2 Å². The Kier molecular flexibility index (Phi) is 5.81. The first-order valence-corrected chi connectivity index (χ1v) is 6.81. The highest BCUT2D eigenvalue weighted by Gasteiger charge is 2.10. The van der Waals surface area contributed by atoms with Crippen molar-refractivity contribution in [3.63, 3.8) is 0 Å². The predicted octanol–water partition coefficient (Wildman–Crippen LogP) is 2.88. The number of benzene rings is 1. The van der Waals surface area contributed by atoms with Gasteiger partial charge >= 0.3 is 0 Å². The second-order valence-corrected chi connectivity index (χ2v) is 5.53. The van der Waals surface area contributed by atoms with Gasteiger partial charge in [-0.3, -0.25) is 9.59 Å². The summed E-state index contributed by atoms with van der Waals surface area (Å²) < 4.78 is 6.88. The van der Waals surface area contributed by atoms with Gasteiger partial charge in [0, 0.05) is 19.7 Å². The van der Waals surface area contributed by atoms with E-state index in [1.165, 1.54) is 4.90 Å². The molecule has 0 aliphatic heterocycles. The quantitative estimate of drug-likeness (QED) is 0.740. The maximum atomic E-state index is 11.4. The maximum Gasteiger partial charge on any atom is 0.225 e. The van der Waals surface area contributed by atoms with Crippen molar-refractivity contribution < 1.29 is 14.3 Å². The molecule has 1 aromatic rings. The maximum absolute atomic E-state index is 11.4. The van der Waals surface area contributed by atoms with Crippen molar-refractivity contribution in [2.75, 3.05) is 20.7 Å². The van der Waals surface area contributed by atoms with Crippen molar-refractivity contribution in [3.8, 4) is 5.75 Å². The summed E-state index contributed by atoms with van der Waals surface area (Å²) in [5.74, 6) is 0.596. The van der Waals surface area contributed by atoms with Gasteiger partial charge < -0.3 is 9.64 Å².